The second-order valence-corrected chi connectivity index (χ2v) is 9.11. The van der Waals surface area contributed by atoms with Gasteiger partial charge in [0.1, 0.15) is 19.5 Å². The van der Waals surface area contributed by atoms with Crippen LogP contribution in [0.4, 0.5) is 5.69 Å². The molecule has 38 heavy (non-hydrogen) atoms. The lowest BCUT2D eigenvalue weighted by Gasteiger charge is -2.13. The molecule has 0 atom stereocenters. The first-order valence-electron chi connectivity index (χ1n) is 12.1. The lowest BCUT2D eigenvalue weighted by atomic mass is 10.0. The number of anilines is 1. The van der Waals surface area contributed by atoms with Crippen molar-refractivity contribution in [3.8, 4) is 22.6 Å². The van der Waals surface area contributed by atoms with E-state index in [-0.39, 0.29) is 24.7 Å². The van der Waals surface area contributed by atoms with Crippen LogP contribution in [-0.2, 0) is 25.0 Å². The second kappa shape index (κ2) is 10.3. The van der Waals surface area contributed by atoms with E-state index in [4.69, 9.17) is 9.47 Å². The summed E-state index contributed by atoms with van der Waals surface area (Å²) in [4.78, 5) is 30.2. The average Bonchev–Trinajstić information content (AvgIpc) is 3.51. The van der Waals surface area contributed by atoms with Crippen molar-refractivity contribution >= 4 is 22.6 Å². The van der Waals surface area contributed by atoms with Crippen LogP contribution in [0.25, 0.3) is 22.2 Å². The Kier molecular flexibility index (Phi) is 6.69. The van der Waals surface area contributed by atoms with Crippen molar-refractivity contribution < 1.29 is 14.3 Å². The van der Waals surface area contributed by atoms with Gasteiger partial charge in [0, 0.05) is 18.3 Å². The second-order valence-electron chi connectivity index (χ2n) is 9.11. The summed E-state index contributed by atoms with van der Waals surface area (Å²) in [7, 11) is 3.29. The number of amides is 1. The van der Waals surface area contributed by atoms with Crippen LogP contribution in [0.3, 0.4) is 0 Å². The minimum Gasteiger partial charge on any atom is -0.493 e. The van der Waals surface area contributed by atoms with E-state index in [1.54, 1.807) is 18.7 Å². The number of benzene rings is 3. The third-order valence-electron chi connectivity index (χ3n) is 6.32. The van der Waals surface area contributed by atoms with Crippen molar-refractivity contribution in [3.63, 3.8) is 0 Å². The molecule has 10 nitrogen and oxygen atoms in total. The number of carbonyl (C=O) groups excluding carboxylic acids is 1. The number of fused-ring (bicyclic) bond motifs is 1. The summed E-state index contributed by atoms with van der Waals surface area (Å²) in [5.41, 5.74) is 5.56. The van der Waals surface area contributed by atoms with Gasteiger partial charge in [0.15, 0.2) is 17.3 Å². The minimum atomic E-state index is -0.276. The van der Waals surface area contributed by atoms with Crippen molar-refractivity contribution in [2.24, 2.45) is 7.05 Å². The van der Waals surface area contributed by atoms with Gasteiger partial charge in [0.2, 0.25) is 5.91 Å². The molecule has 0 aliphatic carbocycles. The Morgan fingerprint density at radius 3 is 2.53 bits per heavy atom. The first-order chi connectivity index (χ1) is 18.3. The van der Waals surface area contributed by atoms with Crippen molar-refractivity contribution in [2.45, 2.75) is 27.0 Å². The Morgan fingerprint density at radius 2 is 1.82 bits per heavy atom. The van der Waals surface area contributed by atoms with Gasteiger partial charge in [-0.1, -0.05) is 23.8 Å². The molecule has 0 unspecified atom stereocenters. The van der Waals surface area contributed by atoms with E-state index in [1.807, 2.05) is 68.4 Å². The van der Waals surface area contributed by atoms with E-state index in [0.29, 0.717) is 28.5 Å². The summed E-state index contributed by atoms with van der Waals surface area (Å²) in [6, 6.07) is 17.1. The van der Waals surface area contributed by atoms with Crippen molar-refractivity contribution in [1.82, 2.24) is 24.3 Å². The molecule has 0 spiro atoms. The summed E-state index contributed by atoms with van der Waals surface area (Å²) in [6.07, 6.45) is 1.42. The van der Waals surface area contributed by atoms with Crippen LogP contribution in [0, 0.1) is 13.8 Å². The number of imidazole rings is 1. The summed E-state index contributed by atoms with van der Waals surface area (Å²) in [6.45, 7) is 4.05. The number of carbonyl (C=O) groups is 1. The fraction of sp³-hybridized carbons (Fsp3) is 0.214. The number of aryl methyl sites for hydroxylation is 3. The van der Waals surface area contributed by atoms with Gasteiger partial charge in [-0.05, 0) is 61.4 Å². The van der Waals surface area contributed by atoms with Gasteiger partial charge in [-0.2, -0.15) is 5.10 Å². The molecule has 194 valence electrons. The molecule has 0 aliphatic heterocycles. The number of aromatic nitrogens is 5. The number of nitrogens with zero attached hydrogens (tertiary/aromatic N) is 4. The summed E-state index contributed by atoms with van der Waals surface area (Å²) >= 11 is 0. The summed E-state index contributed by atoms with van der Waals surface area (Å²) in [5.74, 6) is 1.41. The number of nitrogens with one attached hydrogen (secondary N) is 2. The van der Waals surface area contributed by atoms with E-state index in [2.05, 4.69) is 20.5 Å². The molecule has 0 saturated carbocycles. The zero-order chi connectivity index (χ0) is 26.8. The van der Waals surface area contributed by atoms with Gasteiger partial charge in [-0.25, -0.2) is 9.78 Å². The number of hydrogen-bond acceptors (Lipinski definition) is 6. The lowest BCUT2D eigenvalue weighted by molar-refractivity contribution is -0.116. The minimum absolute atomic E-state index is 0.106. The van der Waals surface area contributed by atoms with E-state index in [9.17, 15) is 9.59 Å². The van der Waals surface area contributed by atoms with Gasteiger partial charge in [0.05, 0.1) is 18.1 Å². The summed E-state index contributed by atoms with van der Waals surface area (Å²) < 4.78 is 14.5. The molecular weight excluding hydrogens is 484 g/mol. The highest BCUT2D eigenvalue weighted by Crippen LogP contribution is 2.36. The number of hydrogen-bond donors (Lipinski definition) is 2. The van der Waals surface area contributed by atoms with Crippen LogP contribution in [-0.4, -0.2) is 37.3 Å². The maximum atomic E-state index is 13.3. The van der Waals surface area contributed by atoms with E-state index in [1.165, 1.54) is 10.9 Å². The zero-order valence-corrected chi connectivity index (χ0v) is 21.6. The average molecular weight is 513 g/mol. The molecule has 10 heteroatoms. The Labute approximate surface area is 218 Å². The molecule has 0 fully saturated rings. The van der Waals surface area contributed by atoms with Crippen LogP contribution >= 0.6 is 0 Å². The monoisotopic (exact) mass is 512 g/mol. The van der Waals surface area contributed by atoms with Crippen LogP contribution in [0.1, 0.15) is 17.0 Å². The van der Waals surface area contributed by atoms with Crippen LogP contribution in [0.5, 0.6) is 11.5 Å². The number of ether oxygens (including phenoxy) is 2. The standard InChI is InChI=1S/C28H28N6O4/c1-17-5-8-20(9-6-17)31-26(35)14-34-22-12-18(2)11-21(27(22)33(3)28(34)36)19-7-10-23(24(13-19)37-4)38-15-25-29-16-30-32-25/h5-13,16H,14-15H2,1-4H3,(H,31,35)(H,29,30,32). The van der Waals surface area contributed by atoms with Crippen LogP contribution in [0.15, 0.2) is 65.7 Å². The molecular formula is C28H28N6O4. The van der Waals surface area contributed by atoms with Gasteiger partial charge >= 0.3 is 5.69 Å². The first-order valence-corrected chi connectivity index (χ1v) is 12.1. The molecule has 5 rings (SSSR count). The van der Waals surface area contributed by atoms with Gasteiger partial charge < -0.3 is 14.8 Å². The number of methoxy groups -OCH3 is 1. The molecule has 0 radical (unpaired) electrons. The Morgan fingerprint density at radius 1 is 1.03 bits per heavy atom. The van der Waals surface area contributed by atoms with Crippen molar-refractivity contribution in [3.05, 3.63) is 88.4 Å². The molecule has 2 aromatic heterocycles. The van der Waals surface area contributed by atoms with Gasteiger partial charge in [-0.15, -0.1) is 0 Å². The predicted octanol–water partition coefficient (Wildman–Crippen LogP) is 3.97. The fourth-order valence-corrected chi connectivity index (χ4v) is 4.45. The molecule has 0 saturated heterocycles. The van der Waals surface area contributed by atoms with E-state index < -0.39 is 0 Å². The topological polar surface area (TPSA) is 116 Å². The molecule has 2 N–H and O–H groups in total. The number of rotatable bonds is 8. The smallest absolute Gasteiger partial charge is 0.329 e. The first kappa shape index (κ1) is 24.8. The van der Waals surface area contributed by atoms with Crippen molar-refractivity contribution in [2.75, 3.05) is 12.4 Å². The largest absolute Gasteiger partial charge is 0.493 e. The number of H-pyrrole nitrogens is 1. The molecule has 1 amide bonds. The fourth-order valence-electron chi connectivity index (χ4n) is 4.45. The predicted molar refractivity (Wildman–Crippen MR) is 144 cm³/mol. The normalized spacial score (nSPS) is 11.1. The highest BCUT2D eigenvalue weighted by Gasteiger charge is 2.19. The zero-order valence-electron chi connectivity index (χ0n) is 21.6. The third kappa shape index (κ3) is 4.88. The maximum Gasteiger partial charge on any atom is 0.329 e. The Balaban J connectivity index is 1.49. The SMILES string of the molecule is COc1cc(-c2cc(C)cc3c2n(C)c(=O)n3CC(=O)Nc2ccc(C)cc2)ccc1OCc1ncn[nH]1. The highest BCUT2D eigenvalue weighted by molar-refractivity contribution is 5.96. The lowest BCUT2D eigenvalue weighted by Crippen LogP contribution is -2.28. The molecule has 5 aromatic rings. The molecule has 0 aliphatic rings. The van der Waals surface area contributed by atoms with Crippen LogP contribution in [0.2, 0.25) is 0 Å². The van der Waals surface area contributed by atoms with Gasteiger partial charge in [0.25, 0.3) is 0 Å². The number of aromatic amines is 1. The summed E-state index contributed by atoms with van der Waals surface area (Å²) in [5, 5.41) is 9.46. The molecule has 3 aromatic carbocycles. The van der Waals surface area contributed by atoms with E-state index in [0.717, 1.165) is 27.8 Å². The molecule has 2 heterocycles. The van der Waals surface area contributed by atoms with Crippen molar-refractivity contribution in [1.29, 1.82) is 0 Å². The maximum absolute atomic E-state index is 13.3. The van der Waals surface area contributed by atoms with Gasteiger partial charge in [-0.3, -0.25) is 19.0 Å². The quantitative estimate of drug-likeness (QED) is 0.325. The third-order valence-corrected chi connectivity index (χ3v) is 6.32. The molecule has 0 bridgehead atoms. The highest BCUT2D eigenvalue weighted by atomic mass is 16.5. The van der Waals surface area contributed by atoms with E-state index >= 15 is 0 Å². The Hall–Kier alpha value is -4.86. The Bertz CT molecular complexity index is 1670. The van der Waals surface area contributed by atoms with Crippen LogP contribution < -0.4 is 20.5 Å².